The van der Waals surface area contributed by atoms with Crippen LogP contribution >= 0.6 is 11.6 Å². The summed E-state index contributed by atoms with van der Waals surface area (Å²) in [4.78, 5) is 51.0. The topological polar surface area (TPSA) is 102 Å². The molecule has 0 fully saturated rings. The van der Waals surface area contributed by atoms with Crippen molar-refractivity contribution in [3.8, 4) is 5.75 Å². The quantitative estimate of drug-likeness (QED) is 0.264. The van der Waals surface area contributed by atoms with Gasteiger partial charge in [-0.2, -0.15) is 0 Å². The zero-order valence-electron chi connectivity index (χ0n) is 19.2. The predicted molar refractivity (Wildman–Crippen MR) is 134 cm³/mol. The zero-order chi connectivity index (χ0) is 25.7. The fourth-order valence-corrected chi connectivity index (χ4v) is 3.57. The number of ether oxygens (including phenoxy) is 2. The van der Waals surface area contributed by atoms with Gasteiger partial charge < -0.3 is 14.8 Å². The molecule has 1 N–H and O–H groups in total. The Bertz CT molecular complexity index is 1330. The first-order chi connectivity index (χ1) is 17.4. The number of nitrogens with zero attached hydrogens (tertiary/aromatic N) is 1. The van der Waals surface area contributed by atoms with Crippen LogP contribution < -0.4 is 15.0 Å². The van der Waals surface area contributed by atoms with Gasteiger partial charge in [0.15, 0.2) is 0 Å². The van der Waals surface area contributed by atoms with E-state index in [1.54, 1.807) is 36.4 Å². The van der Waals surface area contributed by atoms with Gasteiger partial charge in [0.1, 0.15) is 16.5 Å². The SMILES string of the molecule is CCCOC(=O)c1ccc(N2C(=O)C(Cl)=C(Nc3ccc(C(=O)Oc4ccccc4)cc3)C2=O)cc1. The number of halogens is 1. The third kappa shape index (κ3) is 5.29. The second-order valence-electron chi connectivity index (χ2n) is 7.72. The molecule has 1 aliphatic heterocycles. The summed E-state index contributed by atoms with van der Waals surface area (Å²) in [6, 6.07) is 20.7. The van der Waals surface area contributed by atoms with Crippen molar-refractivity contribution in [2.45, 2.75) is 13.3 Å². The van der Waals surface area contributed by atoms with Crippen LogP contribution in [0.25, 0.3) is 0 Å². The summed E-state index contributed by atoms with van der Waals surface area (Å²) < 4.78 is 10.4. The molecule has 182 valence electrons. The molecular weight excluding hydrogens is 484 g/mol. The molecule has 0 saturated carbocycles. The summed E-state index contributed by atoms with van der Waals surface area (Å²) in [7, 11) is 0. The molecule has 36 heavy (non-hydrogen) atoms. The number of hydrogen-bond acceptors (Lipinski definition) is 7. The van der Waals surface area contributed by atoms with Gasteiger partial charge in [0, 0.05) is 5.69 Å². The minimum absolute atomic E-state index is 0.104. The Balaban J connectivity index is 1.44. The smallest absolute Gasteiger partial charge is 0.343 e. The van der Waals surface area contributed by atoms with E-state index in [9.17, 15) is 19.2 Å². The zero-order valence-corrected chi connectivity index (χ0v) is 20.0. The number of para-hydroxylation sites is 1. The van der Waals surface area contributed by atoms with Gasteiger partial charge >= 0.3 is 11.9 Å². The summed E-state index contributed by atoms with van der Waals surface area (Å²) in [6.45, 7) is 2.19. The van der Waals surface area contributed by atoms with E-state index in [0.29, 0.717) is 35.6 Å². The van der Waals surface area contributed by atoms with Crippen LogP contribution in [0.5, 0.6) is 5.75 Å². The molecule has 0 saturated heterocycles. The third-order valence-electron chi connectivity index (χ3n) is 5.17. The van der Waals surface area contributed by atoms with E-state index in [1.807, 2.05) is 13.0 Å². The highest BCUT2D eigenvalue weighted by molar-refractivity contribution is 6.53. The number of benzene rings is 3. The monoisotopic (exact) mass is 504 g/mol. The first kappa shape index (κ1) is 24.7. The van der Waals surface area contributed by atoms with E-state index in [0.717, 1.165) is 4.90 Å². The Kier molecular flexibility index (Phi) is 7.46. The second kappa shape index (κ2) is 10.9. The maximum absolute atomic E-state index is 13.0. The lowest BCUT2D eigenvalue weighted by Gasteiger charge is -2.15. The molecule has 1 heterocycles. The molecule has 8 nitrogen and oxygen atoms in total. The van der Waals surface area contributed by atoms with E-state index < -0.39 is 23.8 Å². The predicted octanol–water partition coefficient (Wildman–Crippen LogP) is 4.91. The number of carbonyl (C=O) groups excluding carboxylic acids is 4. The van der Waals surface area contributed by atoms with Gasteiger partial charge in [-0.05, 0) is 67.1 Å². The van der Waals surface area contributed by atoms with Crippen LogP contribution in [0.15, 0.2) is 89.6 Å². The summed E-state index contributed by atoms with van der Waals surface area (Å²) >= 11 is 6.19. The van der Waals surface area contributed by atoms with Crippen LogP contribution in [0, 0.1) is 0 Å². The van der Waals surface area contributed by atoms with Gasteiger partial charge in [-0.3, -0.25) is 9.59 Å². The number of hydrogen-bond donors (Lipinski definition) is 1. The Morgan fingerprint density at radius 1 is 0.833 bits per heavy atom. The van der Waals surface area contributed by atoms with E-state index in [4.69, 9.17) is 21.1 Å². The van der Waals surface area contributed by atoms with Crippen LogP contribution in [-0.4, -0.2) is 30.4 Å². The fraction of sp³-hybridized carbons (Fsp3) is 0.111. The largest absolute Gasteiger partial charge is 0.462 e. The standard InChI is InChI=1S/C27H21ClN2O6/c1-2-16-35-26(33)17-10-14-20(15-11-17)30-24(31)22(28)23(25(30)32)29-19-12-8-18(9-13-19)27(34)36-21-6-4-3-5-7-21/h3-15,29H,2,16H2,1H3. The fourth-order valence-electron chi connectivity index (χ4n) is 3.36. The molecule has 0 unspecified atom stereocenters. The van der Waals surface area contributed by atoms with Gasteiger partial charge in [0.2, 0.25) is 0 Å². The number of amides is 2. The number of esters is 2. The normalized spacial score (nSPS) is 13.1. The van der Waals surface area contributed by atoms with Crippen LogP contribution in [0.3, 0.4) is 0 Å². The summed E-state index contributed by atoms with van der Waals surface area (Å²) in [5.74, 6) is -1.96. The van der Waals surface area contributed by atoms with E-state index in [2.05, 4.69) is 5.32 Å². The molecule has 9 heteroatoms. The molecule has 0 radical (unpaired) electrons. The van der Waals surface area contributed by atoms with Crippen molar-refractivity contribution >= 4 is 46.7 Å². The molecule has 3 aromatic rings. The van der Waals surface area contributed by atoms with Gasteiger partial charge in [-0.15, -0.1) is 0 Å². The molecule has 0 aromatic heterocycles. The van der Waals surface area contributed by atoms with Crippen molar-refractivity contribution in [3.05, 3.63) is 101 Å². The van der Waals surface area contributed by atoms with Crippen molar-refractivity contribution < 1.29 is 28.7 Å². The average Bonchev–Trinajstić information content (AvgIpc) is 3.11. The van der Waals surface area contributed by atoms with Gasteiger partial charge in [-0.1, -0.05) is 36.7 Å². The van der Waals surface area contributed by atoms with Crippen LogP contribution in [0.4, 0.5) is 11.4 Å². The molecule has 0 spiro atoms. The Labute approximate surface area is 212 Å². The number of carbonyl (C=O) groups is 4. The van der Waals surface area contributed by atoms with Crippen molar-refractivity contribution in [2.75, 3.05) is 16.8 Å². The minimum atomic E-state index is -0.700. The van der Waals surface area contributed by atoms with Crippen LogP contribution in [0.1, 0.15) is 34.1 Å². The van der Waals surface area contributed by atoms with Crippen molar-refractivity contribution in [2.24, 2.45) is 0 Å². The number of rotatable bonds is 8. The molecule has 3 aromatic carbocycles. The number of anilines is 2. The van der Waals surface area contributed by atoms with E-state index >= 15 is 0 Å². The van der Waals surface area contributed by atoms with Crippen molar-refractivity contribution in [1.29, 1.82) is 0 Å². The molecule has 4 rings (SSSR count). The van der Waals surface area contributed by atoms with E-state index in [-0.39, 0.29) is 16.4 Å². The molecule has 0 aliphatic carbocycles. The highest BCUT2D eigenvalue weighted by Crippen LogP contribution is 2.30. The second-order valence-corrected chi connectivity index (χ2v) is 8.10. The van der Waals surface area contributed by atoms with Crippen molar-refractivity contribution in [3.63, 3.8) is 0 Å². The molecule has 1 aliphatic rings. The average molecular weight is 505 g/mol. The lowest BCUT2D eigenvalue weighted by molar-refractivity contribution is -0.120. The maximum Gasteiger partial charge on any atom is 0.343 e. The summed E-state index contributed by atoms with van der Waals surface area (Å²) in [5, 5.41) is 2.57. The van der Waals surface area contributed by atoms with Crippen LogP contribution in [-0.2, 0) is 14.3 Å². The van der Waals surface area contributed by atoms with E-state index in [1.165, 1.54) is 36.4 Å². The molecule has 0 bridgehead atoms. The Morgan fingerprint density at radius 3 is 2.08 bits per heavy atom. The summed E-state index contributed by atoms with van der Waals surface area (Å²) in [6.07, 6.45) is 0.695. The molecular formula is C27H21ClN2O6. The maximum atomic E-state index is 13.0. The lowest BCUT2D eigenvalue weighted by Crippen LogP contribution is -2.32. The third-order valence-corrected chi connectivity index (χ3v) is 5.52. The Hall–Kier alpha value is -4.43. The first-order valence-corrected chi connectivity index (χ1v) is 11.5. The highest BCUT2D eigenvalue weighted by Gasteiger charge is 2.39. The van der Waals surface area contributed by atoms with Crippen molar-refractivity contribution in [1.82, 2.24) is 0 Å². The van der Waals surface area contributed by atoms with Gasteiger partial charge in [0.05, 0.1) is 23.4 Å². The molecule has 2 amide bonds. The molecule has 0 atom stereocenters. The number of imide groups is 1. The Morgan fingerprint density at radius 2 is 1.44 bits per heavy atom. The number of nitrogens with one attached hydrogen (secondary N) is 1. The van der Waals surface area contributed by atoms with Crippen LogP contribution in [0.2, 0.25) is 0 Å². The first-order valence-electron chi connectivity index (χ1n) is 11.1. The minimum Gasteiger partial charge on any atom is -0.462 e. The van der Waals surface area contributed by atoms with Gasteiger partial charge in [0.25, 0.3) is 11.8 Å². The lowest BCUT2D eigenvalue weighted by atomic mass is 10.2. The van der Waals surface area contributed by atoms with Gasteiger partial charge in [-0.25, -0.2) is 14.5 Å². The highest BCUT2D eigenvalue weighted by atomic mass is 35.5. The summed E-state index contributed by atoms with van der Waals surface area (Å²) in [5.41, 5.74) is 1.20.